The summed E-state index contributed by atoms with van der Waals surface area (Å²) in [7, 11) is 0. The van der Waals surface area contributed by atoms with Crippen LogP contribution in [0.25, 0.3) is 0 Å². The molecule has 1 unspecified atom stereocenters. The van der Waals surface area contributed by atoms with E-state index in [2.05, 4.69) is 24.1 Å². The van der Waals surface area contributed by atoms with Gasteiger partial charge in [0, 0.05) is 13.0 Å². The van der Waals surface area contributed by atoms with Crippen molar-refractivity contribution in [3.8, 4) is 0 Å². The van der Waals surface area contributed by atoms with E-state index in [0.717, 1.165) is 36.4 Å². The number of benzene rings is 1. The Morgan fingerprint density at radius 1 is 1.06 bits per heavy atom. The molecule has 0 bridgehead atoms. The molecule has 3 aliphatic heterocycles. The third-order valence-corrected chi connectivity index (χ3v) is 7.17. The molecule has 1 atom stereocenters. The van der Waals surface area contributed by atoms with E-state index >= 15 is 0 Å². The molecule has 4 rings (SSSR count). The van der Waals surface area contributed by atoms with Crippen LogP contribution in [0.3, 0.4) is 0 Å². The van der Waals surface area contributed by atoms with Crippen molar-refractivity contribution >= 4 is 23.6 Å². The molecule has 1 aromatic rings. The lowest BCUT2D eigenvalue weighted by atomic mass is 9.74. The molecule has 3 heterocycles. The minimum absolute atomic E-state index is 0.116. The molecule has 0 radical (unpaired) electrons. The monoisotopic (exact) mass is 426 g/mol. The highest BCUT2D eigenvalue weighted by Crippen LogP contribution is 2.35. The van der Waals surface area contributed by atoms with E-state index in [4.69, 9.17) is 5.73 Å². The Kier molecular flexibility index (Phi) is 5.70. The zero-order valence-electron chi connectivity index (χ0n) is 18.1. The lowest BCUT2D eigenvalue weighted by Gasteiger charge is -2.40. The van der Waals surface area contributed by atoms with E-state index in [1.54, 1.807) is 12.1 Å². The maximum absolute atomic E-state index is 13.2. The zero-order chi connectivity index (χ0) is 22.3. The lowest BCUT2D eigenvalue weighted by Crippen LogP contribution is -2.54. The van der Waals surface area contributed by atoms with Crippen LogP contribution < -0.4 is 11.1 Å². The average molecular weight is 427 g/mol. The summed E-state index contributed by atoms with van der Waals surface area (Å²) in [6.07, 6.45) is 2.38. The van der Waals surface area contributed by atoms with Crippen molar-refractivity contribution < 1.29 is 19.2 Å². The number of carbonyl (C=O) groups excluding carboxylic acids is 4. The van der Waals surface area contributed by atoms with Gasteiger partial charge in [0.2, 0.25) is 11.8 Å². The molecule has 0 saturated carbocycles. The summed E-state index contributed by atoms with van der Waals surface area (Å²) in [5.74, 6) is -1.29. The van der Waals surface area contributed by atoms with Crippen LogP contribution in [0.2, 0.25) is 0 Å². The Hall–Kier alpha value is -2.58. The van der Waals surface area contributed by atoms with E-state index < -0.39 is 23.8 Å². The predicted molar refractivity (Wildman–Crippen MR) is 114 cm³/mol. The molecule has 3 aliphatic rings. The van der Waals surface area contributed by atoms with Crippen LogP contribution in [0.1, 0.15) is 65.8 Å². The number of nitrogens with two attached hydrogens (primary N) is 1. The molecule has 0 spiro atoms. The van der Waals surface area contributed by atoms with Crippen LogP contribution in [0.4, 0.5) is 0 Å². The molecule has 166 valence electrons. The van der Waals surface area contributed by atoms with Gasteiger partial charge in [0.1, 0.15) is 6.04 Å². The fraction of sp³-hybridized carbons (Fsp3) is 0.565. The normalized spacial score (nSPS) is 23.3. The van der Waals surface area contributed by atoms with Crippen LogP contribution >= 0.6 is 0 Å². The van der Waals surface area contributed by atoms with Gasteiger partial charge < -0.3 is 5.73 Å². The van der Waals surface area contributed by atoms with Gasteiger partial charge in [-0.25, -0.2) is 0 Å². The van der Waals surface area contributed by atoms with E-state index in [1.807, 2.05) is 6.07 Å². The van der Waals surface area contributed by atoms with Gasteiger partial charge in [0.15, 0.2) is 0 Å². The molecule has 31 heavy (non-hydrogen) atoms. The molecule has 0 aliphatic carbocycles. The molecule has 2 fully saturated rings. The molecular formula is C23H30N4O4. The topological polar surface area (TPSA) is 113 Å². The number of nitrogens with zero attached hydrogens (tertiary/aromatic N) is 2. The molecule has 8 heteroatoms. The molecular weight excluding hydrogens is 396 g/mol. The van der Waals surface area contributed by atoms with Gasteiger partial charge in [-0.15, -0.1) is 0 Å². The van der Waals surface area contributed by atoms with E-state index in [1.165, 1.54) is 0 Å². The summed E-state index contributed by atoms with van der Waals surface area (Å²) < 4.78 is 0. The highest BCUT2D eigenvalue weighted by atomic mass is 16.2. The van der Waals surface area contributed by atoms with Crippen molar-refractivity contribution in [2.45, 2.75) is 52.1 Å². The SMILES string of the molecule is CC(C)(CN)C1CCN(Cc2cccc3c2C(=O)N(C2CCC(=O)NC2=O)C3=O)CC1. The fourth-order valence-electron chi connectivity index (χ4n) is 5.00. The highest BCUT2D eigenvalue weighted by molar-refractivity contribution is 6.24. The van der Waals surface area contributed by atoms with Crippen molar-refractivity contribution in [1.29, 1.82) is 0 Å². The number of piperidine rings is 2. The first kappa shape index (κ1) is 21.6. The van der Waals surface area contributed by atoms with E-state index in [-0.39, 0.29) is 24.2 Å². The molecule has 8 nitrogen and oxygen atoms in total. The van der Waals surface area contributed by atoms with Gasteiger partial charge in [-0.05, 0) is 61.9 Å². The maximum atomic E-state index is 13.2. The summed E-state index contributed by atoms with van der Waals surface area (Å²) in [4.78, 5) is 53.3. The molecule has 0 aromatic heterocycles. The molecule has 1 aromatic carbocycles. The predicted octanol–water partition coefficient (Wildman–Crippen LogP) is 1.28. The van der Waals surface area contributed by atoms with Crippen LogP contribution in [-0.2, 0) is 16.1 Å². The van der Waals surface area contributed by atoms with Crippen molar-refractivity contribution in [1.82, 2.24) is 15.1 Å². The maximum Gasteiger partial charge on any atom is 0.262 e. The second-order valence-electron chi connectivity index (χ2n) is 9.53. The summed E-state index contributed by atoms with van der Waals surface area (Å²) in [5, 5.41) is 2.23. The minimum Gasteiger partial charge on any atom is -0.330 e. The molecule has 4 amide bonds. The van der Waals surface area contributed by atoms with Crippen LogP contribution in [-0.4, -0.2) is 59.1 Å². The Morgan fingerprint density at radius 3 is 2.42 bits per heavy atom. The van der Waals surface area contributed by atoms with Gasteiger partial charge in [-0.1, -0.05) is 26.0 Å². The summed E-state index contributed by atoms with van der Waals surface area (Å²) >= 11 is 0. The Labute approximate surface area is 182 Å². The lowest BCUT2D eigenvalue weighted by molar-refractivity contribution is -0.136. The van der Waals surface area contributed by atoms with Gasteiger partial charge >= 0.3 is 0 Å². The van der Waals surface area contributed by atoms with Crippen LogP contribution in [0.5, 0.6) is 0 Å². The van der Waals surface area contributed by atoms with Crippen LogP contribution in [0, 0.1) is 11.3 Å². The number of hydrogen-bond donors (Lipinski definition) is 2. The van der Waals surface area contributed by atoms with Crippen molar-refractivity contribution in [3.05, 3.63) is 34.9 Å². The third-order valence-electron chi connectivity index (χ3n) is 7.17. The number of rotatable bonds is 5. The number of hydrogen-bond acceptors (Lipinski definition) is 6. The summed E-state index contributed by atoms with van der Waals surface area (Å²) in [6, 6.07) is 4.37. The van der Waals surface area contributed by atoms with Crippen molar-refractivity contribution in [3.63, 3.8) is 0 Å². The number of amides is 4. The Morgan fingerprint density at radius 2 is 1.77 bits per heavy atom. The Balaban J connectivity index is 1.51. The fourth-order valence-corrected chi connectivity index (χ4v) is 5.00. The first-order valence-corrected chi connectivity index (χ1v) is 11.0. The largest absolute Gasteiger partial charge is 0.330 e. The number of likely N-dealkylation sites (tertiary alicyclic amines) is 1. The van der Waals surface area contributed by atoms with Gasteiger partial charge in [0.25, 0.3) is 11.8 Å². The quantitative estimate of drug-likeness (QED) is 0.686. The number of fused-ring (bicyclic) bond motifs is 1. The van der Waals surface area contributed by atoms with E-state index in [9.17, 15) is 19.2 Å². The van der Waals surface area contributed by atoms with Crippen LogP contribution in [0.15, 0.2) is 18.2 Å². The molecule has 3 N–H and O–H groups in total. The van der Waals surface area contributed by atoms with Crippen molar-refractivity contribution in [2.75, 3.05) is 19.6 Å². The van der Waals surface area contributed by atoms with E-state index in [0.29, 0.717) is 30.1 Å². The zero-order valence-corrected chi connectivity index (χ0v) is 18.1. The summed E-state index contributed by atoms with van der Waals surface area (Å²) in [6.45, 7) is 7.50. The number of nitrogens with one attached hydrogen (secondary N) is 1. The Bertz CT molecular complexity index is 934. The second kappa shape index (κ2) is 8.16. The smallest absolute Gasteiger partial charge is 0.262 e. The van der Waals surface area contributed by atoms with Gasteiger partial charge in [-0.2, -0.15) is 0 Å². The molecule has 2 saturated heterocycles. The first-order valence-electron chi connectivity index (χ1n) is 11.0. The summed E-state index contributed by atoms with van der Waals surface area (Å²) in [5.41, 5.74) is 7.60. The standard InChI is InChI=1S/C23H30N4O4/c1-23(2,13-24)15-8-10-26(11-9-15)12-14-4-3-5-16-19(14)22(31)27(21(16)30)17-6-7-18(28)25-20(17)29/h3-5,15,17H,6-13,24H2,1-2H3,(H,25,28,29). The second-order valence-corrected chi connectivity index (χ2v) is 9.53. The number of carbonyl (C=O) groups is 4. The number of imide groups is 2. The van der Waals surface area contributed by atoms with Gasteiger partial charge in [-0.3, -0.25) is 34.3 Å². The minimum atomic E-state index is -0.938. The van der Waals surface area contributed by atoms with Crippen molar-refractivity contribution in [2.24, 2.45) is 17.1 Å². The highest BCUT2D eigenvalue weighted by Gasteiger charge is 2.45. The first-order chi connectivity index (χ1) is 14.7. The van der Waals surface area contributed by atoms with Gasteiger partial charge in [0.05, 0.1) is 11.1 Å². The third kappa shape index (κ3) is 3.90. The average Bonchev–Trinajstić information content (AvgIpc) is 3.00.